The average Bonchev–Trinajstić information content (AvgIpc) is 3.29. The number of hydrogen-bond acceptors (Lipinski definition) is 6. The maximum Gasteiger partial charge on any atom is 0.322 e. The van der Waals surface area contributed by atoms with E-state index in [2.05, 4.69) is 34.5 Å². The number of nitrogens with zero attached hydrogens (tertiary/aromatic N) is 4. The second-order valence-electron chi connectivity index (χ2n) is 6.75. The predicted molar refractivity (Wildman–Crippen MR) is 101 cm³/mol. The Morgan fingerprint density at radius 3 is 2.52 bits per heavy atom. The Hall–Kier alpha value is -3.16. The second kappa shape index (κ2) is 8.03. The highest BCUT2D eigenvalue weighted by molar-refractivity contribution is 5.89. The van der Waals surface area contributed by atoms with E-state index in [9.17, 15) is 4.79 Å². The third-order valence-electron chi connectivity index (χ3n) is 3.94. The standard InChI is InChI=1S/C19H23N5O3/c1-12(2)14-5-7-15(8-6-14)26-11-17(25)20-19-22-21-18(27-19)16-9-10-24(23-16)13(3)4/h5-10,12-13H,11H2,1-4H3,(H,20,22,25). The summed E-state index contributed by atoms with van der Waals surface area (Å²) in [6.07, 6.45) is 1.83. The molecule has 0 saturated carbocycles. The fourth-order valence-corrected chi connectivity index (χ4v) is 2.37. The van der Waals surface area contributed by atoms with Crippen LogP contribution in [0.4, 0.5) is 6.01 Å². The van der Waals surface area contributed by atoms with Gasteiger partial charge in [-0.1, -0.05) is 31.1 Å². The number of carbonyl (C=O) groups is 1. The van der Waals surface area contributed by atoms with Gasteiger partial charge in [0.1, 0.15) is 11.4 Å². The van der Waals surface area contributed by atoms with Crippen LogP contribution >= 0.6 is 0 Å². The van der Waals surface area contributed by atoms with Gasteiger partial charge in [0.2, 0.25) is 0 Å². The molecule has 8 heteroatoms. The predicted octanol–water partition coefficient (Wildman–Crippen LogP) is 3.65. The lowest BCUT2D eigenvalue weighted by Gasteiger charge is -2.08. The van der Waals surface area contributed by atoms with Crippen LogP contribution in [0.2, 0.25) is 0 Å². The molecule has 0 saturated heterocycles. The smallest absolute Gasteiger partial charge is 0.322 e. The summed E-state index contributed by atoms with van der Waals surface area (Å²) in [6, 6.07) is 9.68. The van der Waals surface area contributed by atoms with Crippen LogP contribution in [0.25, 0.3) is 11.6 Å². The zero-order valence-corrected chi connectivity index (χ0v) is 15.8. The van der Waals surface area contributed by atoms with E-state index in [1.807, 2.05) is 44.3 Å². The highest BCUT2D eigenvalue weighted by Crippen LogP contribution is 2.20. The number of aromatic nitrogens is 4. The molecule has 0 radical (unpaired) electrons. The Balaban J connectivity index is 1.54. The van der Waals surface area contributed by atoms with Crippen molar-refractivity contribution in [2.45, 2.75) is 39.7 Å². The van der Waals surface area contributed by atoms with E-state index < -0.39 is 0 Å². The summed E-state index contributed by atoms with van der Waals surface area (Å²) >= 11 is 0. The molecule has 0 aliphatic heterocycles. The largest absolute Gasteiger partial charge is 0.484 e. The summed E-state index contributed by atoms with van der Waals surface area (Å²) in [4.78, 5) is 12.0. The summed E-state index contributed by atoms with van der Waals surface area (Å²) < 4.78 is 12.7. The first-order valence-corrected chi connectivity index (χ1v) is 8.84. The molecule has 0 spiro atoms. The van der Waals surface area contributed by atoms with E-state index >= 15 is 0 Å². The van der Waals surface area contributed by atoms with Crippen molar-refractivity contribution < 1.29 is 13.9 Å². The zero-order chi connectivity index (χ0) is 19.4. The van der Waals surface area contributed by atoms with Gasteiger partial charge in [-0.2, -0.15) is 5.10 Å². The lowest BCUT2D eigenvalue weighted by molar-refractivity contribution is -0.118. The number of amides is 1. The van der Waals surface area contributed by atoms with Crippen molar-refractivity contribution in [2.24, 2.45) is 0 Å². The van der Waals surface area contributed by atoms with Gasteiger partial charge < -0.3 is 9.15 Å². The Bertz CT molecular complexity index is 896. The fourth-order valence-electron chi connectivity index (χ4n) is 2.37. The summed E-state index contributed by atoms with van der Waals surface area (Å²) in [7, 11) is 0. The number of ether oxygens (including phenoxy) is 1. The number of anilines is 1. The maximum atomic E-state index is 12.0. The highest BCUT2D eigenvalue weighted by atomic mass is 16.5. The van der Waals surface area contributed by atoms with Crippen molar-refractivity contribution in [3.63, 3.8) is 0 Å². The molecule has 2 aromatic heterocycles. The van der Waals surface area contributed by atoms with Crippen LogP contribution in [0.5, 0.6) is 5.75 Å². The van der Waals surface area contributed by atoms with Crippen molar-refractivity contribution in [2.75, 3.05) is 11.9 Å². The van der Waals surface area contributed by atoms with Crippen LogP contribution in [-0.2, 0) is 4.79 Å². The molecule has 0 atom stereocenters. The van der Waals surface area contributed by atoms with E-state index in [0.29, 0.717) is 17.4 Å². The van der Waals surface area contributed by atoms with E-state index in [4.69, 9.17) is 9.15 Å². The summed E-state index contributed by atoms with van der Waals surface area (Å²) in [5, 5.41) is 14.6. The first-order chi connectivity index (χ1) is 12.9. The SMILES string of the molecule is CC(C)c1ccc(OCC(=O)Nc2nnc(-c3ccn(C(C)C)n3)o2)cc1. The van der Waals surface area contributed by atoms with Gasteiger partial charge in [0, 0.05) is 12.2 Å². The molecule has 8 nitrogen and oxygen atoms in total. The molecule has 1 N–H and O–H groups in total. The molecular weight excluding hydrogens is 346 g/mol. The van der Waals surface area contributed by atoms with Crippen molar-refractivity contribution >= 4 is 11.9 Å². The minimum Gasteiger partial charge on any atom is -0.484 e. The first-order valence-electron chi connectivity index (χ1n) is 8.84. The maximum absolute atomic E-state index is 12.0. The van der Waals surface area contributed by atoms with Gasteiger partial charge in [0.15, 0.2) is 6.61 Å². The van der Waals surface area contributed by atoms with Crippen molar-refractivity contribution in [1.29, 1.82) is 0 Å². The first kappa shape index (κ1) is 18.6. The third kappa shape index (κ3) is 4.72. The zero-order valence-electron chi connectivity index (χ0n) is 15.8. The molecule has 0 fully saturated rings. The number of benzene rings is 1. The average molecular weight is 369 g/mol. The quantitative estimate of drug-likeness (QED) is 0.683. The number of carbonyl (C=O) groups excluding carboxylic acids is 1. The van der Waals surface area contributed by atoms with Gasteiger partial charge in [-0.25, -0.2) is 0 Å². The highest BCUT2D eigenvalue weighted by Gasteiger charge is 2.14. The Kier molecular flexibility index (Phi) is 5.54. The molecule has 3 rings (SSSR count). The van der Waals surface area contributed by atoms with Gasteiger partial charge >= 0.3 is 6.01 Å². The molecule has 1 aromatic carbocycles. The molecule has 2 heterocycles. The van der Waals surface area contributed by atoms with Crippen LogP contribution in [-0.4, -0.2) is 32.5 Å². The van der Waals surface area contributed by atoms with Gasteiger partial charge in [0.25, 0.3) is 11.8 Å². The summed E-state index contributed by atoms with van der Waals surface area (Å²) in [5.41, 5.74) is 1.77. The van der Waals surface area contributed by atoms with Gasteiger partial charge in [0.05, 0.1) is 0 Å². The van der Waals surface area contributed by atoms with E-state index in [1.165, 1.54) is 5.56 Å². The van der Waals surface area contributed by atoms with Crippen molar-refractivity contribution in [1.82, 2.24) is 20.0 Å². The molecule has 0 aliphatic carbocycles. The topological polar surface area (TPSA) is 95.1 Å². The number of rotatable bonds is 7. The van der Waals surface area contributed by atoms with Crippen LogP contribution < -0.4 is 10.1 Å². The molecule has 27 heavy (non-hydrogen) atoms. The lowest BCUT2D eigenvalue weighted by Crippen LogP contribution is -2.20. The number of hydrogen-bond donors (Lipinski definition) is 1. The van der Waals surface area contributed by atoms with E-state index in [-0.39, 0.29) is 30.5 Å². The van der Waals surface area contributed by atoms with Crippen LogP contribution in [0.15, 0.2) is 40.9 Å². The van der Waals surface area contributed by atoms with Gasteiger partial charge in [-0.15, -0.1) is 5.10 Å². The van der Waals surface area contributed by atoms with Crippen LogP contribution in [0.3, 0.4) is 0 Å². The van der Waals surface area contributed by atoms with Crippen LogP contribution in [0.1, 0.15) is 45.2 Å². The van der Waals surface area contributed by atoms with E-state index in [1.54, 1.807) is 10.7 Å². The Morgan fingerprint density at radius 2 is 1.89 bits per heavy atom. The minimum atomic E-state index is -0.383. The lowest BCUT2D eigenvalue weighted by atomic mass is 10.0. The molecule has 0 unspecified atom stereocenters. The van der Waals surface area contributed by atoms with Gasteiger partial charge in [-0.05, 0) is 43.5 Å². The number of nitrogens with one attached hydrogen (secondary N) is 1. The molecule has 0 aliphatic rings. The monoisotopic (exact) mass is 369 g/mol. The molecule has 142 valence electrons. The summed E-state index contributed by atoms with van der Waals surface area (Å²) in [6.45, 7) is 8.13. The third-order valence-corrected chi connectivity index (χ3v) is 3.94. The van der Waals surface area contributed by atoms with Crippen LogP contribution in [0, 0.1) is 0 Å². The normalized spacial score (nSPS) is 11.2. The Morgan fingerprint density at radius 1 is 1.15 bits per heavy atom. The molecule has 3 aromatic rings. The Labute approximate surface area is 157 Å². The minimum absolute atomic E-state index is 0.00727. The second-order valence-corrected chi connectivity index (χ2v) is 6.75. The van der Waals surface area contributed by atoms with Crippen molar-refractivity contribution in [3.8, 4) is 17.3 Å². The van der Waals surface area contributed by atoms with Gasteiger partial charge in [-0.3, -0.25) is 14.8 Å². The molecule has 1 amide bonds. The molecular formula is C19H23N5O3. The fraction of sp³-hybridized carbons (Fsp3) is 0.368. The van der Waals surface area contributed by atoms with Crippen molar-refractivity contribution in [3.05, 3.63) is 42.1 Å². The van der Waals surface area contributed by atoms with E-state index in [0.717, 1.165) is 0 Å². The summed E-state index contributed by atoms with van der Waals surface area (Å²) in [5.74, 6) is 0.932. The molecule has 0 bridgehead atoms.